The summed E-state index contributed by atoms with van der Waals surface area (Å²) < 4.78 is 0. The Balaban J connectivity index is 2.06. The van der Waals surface area contributed by atoms with Crippen molar-refractivity contribution in [1.82, 2.24) is 10.2 Å². The Morgan fingerprint density at radius 3 is 2.79 bits per heavy atom. The average molecular weight is 282 g/mol. The van der Waals surface area contributed by atoms with Crippen LogP contribution in [0.1, 0.15) is 13.3 Å². The van der Waals surface area contributed by atoms with Gasteiger partial charge in [0.15, 0.2) is 0 Å². The summed E-state index contributed by atoms with van der Waals surface area (Å²) in [5.74, 6) is -0.0972. The van der Waals surface area contributed by atoms with Crippen LogP contribution in [0.3, 0.4) is 0 Å². The lowest BCUT2D eigenvalue weighted by Gasteiger charge is -2.34. The van der Waals surface area contributed by atoms with Crippen LogP contribution in [0.4, 0.5) is 10.5 Å². The zero-order valence-electron chi connectivity index (χ0n) is 10.6. The van der Waals surface area contributed by atoms with Gasteiger partial charge in [0.05, 0.1) is 0 Å². The fourth-order valence-corrected chi connectivity index (χ4v) is 2.22. The molecule has 1 aromatic carbocycles. The van der Waals surface area contributed by atoms with Crippen LogP contribution >= 0.6 is 11.6 Å². The highest BCUT2D eigenvalue weighted by Gasteiger charge is 2.31. The average Bonchev–Trinajstić information content (AvgIpc) is 2.41. The summed E-state index contributed by atoms with van der Waals surface area (Å²) in [4.78, 5) is 25.4. The van der Waals surface area contributed by atoms with Gasteiger partial charge in [-0.05, 0) is 30.7 Å². The van der Waals surface area contributed by atoms with Crippen molar-refractivity contribution < 1.29 is 9.59 Å². The number of rotatable bonds is 2. The standard InChI is InChI=1S/C13H16ClN3O2/c1-2-11-12(18)15-7-8-17(11)13(19)16-10-5-3-9(14)4-6-10/h3-6,11H,2,7-8H2,1H3,(H,15,18)(H,16,19). The van der Waals surface area contributed by atoms with Gasteiger partial charge >= 0.3 is 6.03 Å². The number of hydrogen-bond acceptors (Lipinski definition) is 2. The van der Waals surface area contributed by atoms with Gasteiger partial charge < -0.3 is 15.5 Å². The number of hydrogen-bond donors (Lipinski definition) is 2. The van der Waals surface area contributed by atoms with Gasteiger partial charge in [-0.3, -0.25) is 4.79 Å². The lowest BCUT2D eigenvalue weighted by atomic mass is 10.1. The molecule has 1 aromatic rings. The Morgan fingerprint density at radius 1 is 1.47 bits per heavy atom. The first kappa shape index (κ1) is 13.7. The molecule has 0 spiro atoms. The van der Waals surface area contributed by atoms with Crippen LogP contribution in [0.25, 0.3) is 0 Å². The SMILES string of the molecule is CCC1C(=O)NCCN1C(=O)Nc1ccc(Cl)cc1. The molecule has 1 heterocycles. The maximum Gasteiger partial charge on any atom is 0.322 e. The molecule has 0 aliphatic carbocycles. The first-order valence-electron chi connectivity index (χ1n) is 6.22. The van der Waals surface area contributed by atoms with Crippen molar-refractivity contribution in [2.24, 2.45) is 0 Å². The molecule has 5 nitrogen and oxygen atoms in total. The highest BCUT2D eigenvalue weighted by atomic mass is 35.5. The molecule has 6 heteroatoms. The zero-order valence-corrected chi connectivity index (χ0v) is 11.4. The van der Waals surface area contributed by atoms with E-state index in [0.717, 1.165) is 0 Å². The molecule has 1 saturated heterocycles. The number of benzene rings is 1. The summed E-state index contributed by atoms with van der Waals surface area (Å²) in [6.45, 7) is 2.89. The van der Waals surface area contributed by atoms with Crippen LogP contribution in [0.2, 0.25) is 5.02 Å². The molecule has 1 aliphatic heterocycles. The topological polar surface area (TPSA) is 61.4 Å². The smallest absolute Gasteiger partial charge is 0.322 e. The van der Waals surface area contributed by atoms with E-state index in [1.54, 1.807) is 29.2 Å². The molecule has 0 radical (unpaired) electrons. The minimum Gasteiger partial charge on any atom is -0.353 e. The summed E-state index contributed by atoms with van der Waals surface area (Å²) in [6.07, 6.45) is 0.597. The zero-order chi connectivity index (χ0) is 13.8. The van der Waals surface area contributed by atoms with Crippen LogP contribution in [-0.4, -0.2) is 36.0 Å². The van der Waals surface area contributed by atoms with Crippen LogP contribution in [0, 0.1) is 0 Å². The van der Waals surface area contributed by atoms with E-state index in [1.807, 2.05) is 6.92 Å². The molecule has 1 aliphatic rings. The summed E-state index contributed by atoms with van der Waals surface area (Å²) in [5.41, 5.74) is 0.662. The third-order valence-corrected chi connectivity index (χ3v) is 3.33. The van der Waals surface area contributed by atoms with Crippen LogP contribution in [0.15, 0.2) is 24.3 Å². The summed E-state index contributed by atoms with van der Waals surface area (Å²) in [5, 5.41) is 6.15. The Morgan fingerprint density at radius 2 is 2.16 bits per heavy atom. The monoisotopic (exact) mass is 281 g/mol. The molecular formula is C13H16ClN3O2. The van der Waals surface area contributed by atoms with Gasteiger partial charge in [0.2, 0.25) is 5.91 Å². The van der Waals surface area contributed by atoms with Gasteiger partial charge in [0, 0.05) is 23.8 Å². The van der Waals surface area contributed by atoms with E-state index in [4.69, 9.17) is 11.6 Å². The van der Waals surface area contributed by atoms with Crippen molar-refractivity contribution in [3.63, 3.8) is 0 Å². The van der Waals surface area contributed by atoms with Gasteiger partial charge in [0.25, 0.3) is 0 Å². The lowest BCUT2D eigenvalue weighted by Crippen LogP contribution is -2.57. The highest BCUT2D eigenvalue weighted by Crippen LogP contribution is 2.15. The molecule has 102 valence electrons. The van der Waals surface area contributed by atoms with Crippen molar-refractivity contribution >= 4 is 29.2 Å². The van der Waals surface area contributed by atoms with Gasteiger partial charge in [-0.1, -0.05) is 18.5 Å². The van der Waals surface area contributed by atoms with E-state index in [2.05, 4.69) is 10.6 Å². The number of piperazine rings is 1. The van der Waals surface area contributed by atoms with E-state index in [-0.39, 0.29) is 11.9 Å². The van der Waals surface area contributed by atoms with Gasteiger partial charge in [-0.2, -0.15) is 0 Å². The first-order chi connectivity index (χ1) is 9.11. The number of carbonyl (C=O) groups excluding carboxylic acids is 2. The predicted molar refractivity (Wildman–Crippen MR) is 74.3 cm³/mol. The number of urea groups is 1. The van der Waals surface area contributed by atoms with E-state index < -0.39 is 6.04 Å². The van der Waals surface area contributed by atoms with Crippen molar-refractivity contribution in [1.29, 1.82) is 0 Å². The number of anilines is 1. The molecular weight excluding hydrogens is 266 g/mol. The Bertz CT molecular complexity index is 475. The largest absolute Gasteiger partial charge is 0.353 e. The molecule has 19 heavy (non-hydrogen) atoms. The molecule has 0 aromatic heterocycles. The van der Waals surface area contributed by atoms with Crippen molar-refractivity contribution in [2.45, 2.75) is 19.4 Å². The molecule has 1 unspecified atom stereocenters. The quantitative estimate of drug-likeness (QED) is 0.872. The summed E-state index contributed by atoms with van der Waals surface area (Å²) in [6, 6.07) is 6.20. The van der Waals surface area contributed by atoms with Crippen molar-refractivity contribution in [3.8, 4) is 0 Å². The maximum atomic E-state index is 12.2. The van der Waals surface area contributed by atoms with Gasteiger partial charge in [-0.15, -0.1) is 0 Å². The molecule has 1 fully saturated rings. The lowest BCUT2D eigenvalue weighted by molar-refractivity contribution is -0.127. The number of halogens is 1. The fraction of sp³-hybridized carbons (Fsp3) is 0.385. The molecule has 2 rings (SSSR count). The second kappa shape index (κ2) is 5.93. The molecule has 1 atom stereocenters. The molecule has 0 saturated carbocycles. The molecule has 3 amide bonds. The van der Waals surface area contributed by atoms with Gasteiger partial charge in [-0.25, -0.2) is 4.79 Å². The van der Waals surface area contributed by atoms with E-state index in [1.165, 1.54) is 0 Å². The Hall–Kier alpha value is -1.75. The predicted octanol–water partition coefficient (Wildman–Crippen LogP) is 2.08. The minimum absolute atomic E-state index is 0.0972. The van der Waals surface area contributed by atoms with Crippen LogP contribution in [-0.2, 0) is 4.79 Å². The number of nitrogens with one attached hydrogen (secondary N) is 2. The van der Waals surface area contributed by atoms with E-state index >= 15 is 0 Å². The van der Waals surface area contributed by atoms with E-state index in [0.29, 0.717) is 30.2 Å². The van der Waals surface area contributed by atoms with Crippen molar-refractivity contribution in [3.05, 3.63) is 29.3 Å². The van der Waals surface area contributed by atoms with Crippen LogP contribution < -0.4 is 10.6 Å². The van der Waals surface area contributed by atoms with Crippen LogP contribution in [0.5, 0.6) is 0 Å². The van der Waals surface area contributed by atoms with Crippen molar-refractivity contribution in [2.75, 3.05) is 18.4 Å². The molecule has 0 bridgehead atoms. The third kappa shape index (κ3) is 3.17. The normalized spacial score (nSPS) is 18.9. The third-order valence-electron chi connectivity index (χ3n) is 3.07. The second-order valence-electron chi connectivity index (χ2n) is 4.35. The van der Waals surface area contributed by atoms with Gasteiger partial charge in [0.1, 0.15) is 6.04 Å². The maximum absolute atomic E-state index is 12.2. The summed E-state index contributed by atoms with van der Waals surface area (Å²) >= 11 is 5.79. The highest BCUT2D eigenvalue weighted by molar-refractivity contribution is 6.30. The summed E-state index contributed by atoms with van der Waals surface area (Å²) in [7, 11) is 0. The fourth-order valence-electron chi connectivity index (χ4n) is 2.09. The van der Waals surface area contributed by atoms with E-state index in [9.17, 15) is 9.59 Å². The Labute approximate surface area is 116 Å². The number of nitrogens with zero attached hydrogens (tertiary/aromatic N) is 1. The Kier molecular flexibility index (Phi) is 4.27. The first-order valence-corrected chi connectivity index (χ1v) is 6.60. The second-order valence-corrected chi connectivity index (χ2v) is 4.78. The number of amides is 3. The number of carbonyl (C=O) groups is 2. The molecule has 2 N–H and O–H groups in total. The minimum atomic E-state index is -0.402.